The first kappa shape index (κ1) is 65.5. The molecule has 0 aliphatic carbocycles. The standard InChI is InChI=1S/C17H20NOP.C10H14NOP.C10H11OP.C7H9N.C6H5Cl2OP.C2H3.BrH.ClH.Mg.H2/c19-20(17-9-5-2-6-10-17)13-11-18(12-14-20)15-16-7-3-1-4-8-16;12-13(8-6-11-7-9-13)10-4-2-1-3-5-10;1-3-12(11,4-2)10-8-6-5-7-9-10;8-6-7-4-2-1-3-5-7;7-10(8,9)6-4-2-1-3-5-6;1-2;;;;/h1-10H,11-15H2;1-5,11H,6-9H2;3-9H,1-2H2;1-5H,6,8H2;1-5H;1H,2H2;2*1H;;1H/q;;;;;-1;;;+2;/p-1. The Morgan fingerprint density at radius 2 is 0.912 bits per heavy atom. The van der Waals surface area contributed by atoms with E-state index in [0.717, 1.165) is 73.3 Å². The molecule has 0 aromatic heterocycles. The van der Waals surface area contributed by atoms with Crippen molar-refractivity contribution in [2.24, 2.45) is 5.73 Å². The third-order valence-electron chi connectivity index (χ3n) is 10.5. The first-order valence-electron chi connectivity index (χ1n) is 21.3. The van der Waals surface area contributed by atoms with Crippen LogP contribution in [0.3, 0.4) is 0 Å². The Morgan fingerprint density at radius 1 is 0.588 bits per heavy atom. The molecule has 2 aliphatic rings. The van der Waals surface area contributed by atoms with Crippen LogP contribution >= 0.6 is 49.8 Å². The van der Waals surface area contributed by atoms with Crippen LogP contribution in [-0.4, -0.2) is 78.8 Å². The van der Waals surface area contributed by atoms with Gasteiger partial charge >= 0.3 is 23.1 Å². The van der Waals surface area contributed by atoms with Crippen molar-refractivity contribution in [3.8, 4) is 0 Å². The predicted octanol–water partition coefficient (Wildman–Crippen LogP) is 5.01. The molecule has 0 radical (unpaired) electrons. The van der Waals surface area contributed by atoms with Gasteiger partial charge in [-0.2, -0.15) is 0 Å². The second-order valence-electron chi connectivity index (χ2n) is 14.9. The first-order chi connectivity index (χ1) is 31.3. The second-order valence-corrected chi connectivity index (χ2v) is 28.7. The van der Waals surface area contributed by atoms with Crippen molar-refractivity contribution in [3.05, 3.63) is 231 Å². The molecule has 0 atom stereocenters. The number of nitrogens with zero attached hydrogens (tertiary/aromatic N) is 1. The minimum absolute atomic E-state index is 0. The molecule has 2 saturated heterocycles. The van der Waals surface area contributed by atoms with E-state index >= 15 is 0 Å². The molecule has 0 saturated carbocycles. The maximum Gasteiger partial charge on any atom is 2.00 e. The van der Waals surface area contributed by atoms with Gasteiger partial charge in [-0.3, -0.25) is 16.0 Å². The molecule has 16 heteroatoms. The molecule has 2 fully saturated rings. The van der Waals surface area contributed by atoms with Gasteiger partial charge in [-0.15, -0.1) is 0 Å². The minimum Gasteiger partial charge on any atom is -1.00 e. The van der Waals surface area contributed by atoms with Crippen LogP contribution in [0.15, 0.2) is 213 Å². The summed E-state index contributed by atoms with van der Waals surface area (Å²) in [6.07, 6.45) is 3.36. The van der Waals surface area contributed by atoms with Crippen LogP contribution in [0.25, 0.3) is 0 Å². The van der Waals surface area contributed by atoms with E-state index in [9.17, 15) is 18.3 Å². The molecule has 68 heavy (non-hydrogen) atoms. The van der Waals surface area contributed by atoms with Crippen LogP contribution in [-0.2, 0) is 31.3 Å². The quantitative estimate of drug-likeness (QED) is 0.120. The topological polar surface area (TPSA) is 114 Å². The largest absolute Gasteiger partial charge is 2.00 e. The van der Waals surface area contributed by atoms with Crippen LogP contribution in [0.5, 0.6) is 0 Å². The van der Waals surface area contributed by atoms with Crippen LogP contribution in [0, 0.1) is 6.58 Å². The predicted molar refractivity (Wildman–Crippen MR) is 292 cm³/mol. The molecular formula is C52H65BrCl3MgN3O4P4. The van der Waals surface area contributed by atoms with Gasteiger partial charge < -0.3 is 60.7 Å². The molecule has 0 bridgehead atoms. The van der Waals surface area contributed by atoms with Gasteiger partial charge in [-0.05, 0) is 57.4 Å². The normalized spacial score (nSPS) is 14.3. The van der Waals surface area contributed by atoms with Crippen molar-refractivity contribution in [3.63, 3.8) is 0 Å². The van der Waals surface area contributed by atoms with Gasteiger partial charge in [0.15, 0.2) is 7.14 Å². The van der Waals surface area contributed by atoms with Gasteiger partial charge in [0.1, 0.15) is 14.3 Å². The van der Waals surface area contributed by atoms with Crippen molar-refractivity contribution >= 4 is 94.0 Å². The monoisotopic (exact) mass is 1130 g/mol. The van der Waals surface area contributed by atoms with Crippen LogP contribution in [0.1, 0.15) is 12.6 Å². The van der Waals surface area contributed by atoms with Gasteiger partial charge in [0.2, 0.25) is 0 Å². The van der Waals surface area contributed by atoms with Crippen LogP contribution < -0.4 is 61.7 Å². The molecule has 2 aliphatic heterocycles. The summed E-state index contributed by atoms with van der Waals surface area (Å²) in [6, 6.07) is 58.3. The fourth-order valence-electron chi connectivity index (χ4n) is 6.76. The summed E-state index contributed by atoms with van der Waals surface area (Å²) in [7, 11) is -6.65. The van der Waals surface area contributed by atoms with E-state index in [2.05, 4.69) is 60.8 Å². The molecule has 6 aromatic carbocycles. The van der Waals surface area contributed by atoms with Gasteiger partial charge in [-0.1, -0.05) is 183 Å². The summed E-state index contributed by atoms with van der Waals surface area (Å²) in [5, 5.41) is 5.65. The Morgan fingerprint density at radius 3 is 1.24 bits per heavy atom. The third-order valence-corrected chi connectivity index (χ3v) is 21.0. The van der Waals surface area contributed by atoms with Crippen molar-refractivity contribution in [2.45, 2.75) is 13.1 Å². The maximum atomic E-state index is 13.0. The van der Waals surface area contributed by atoms with Crippen LogP contribution in [0.2, 0.25) is 0 Å². The van der Waals surface area contributed by atoms with Crippen molar-refractivity contribution in [1.29, 1.82) is 0 Å². The number of rotatable bonds is 9. The number of hydrogen-bond donors (Lipinski definition) is 2. The summed E-state index contributed by atoms with van der Waals surface area (Å²) in [6.45, 7) is 19.6. The first-order valence-corrected chi connectivity index (χ1v) is 30.8. The molecule has 2 heterocycles. The molecule has 362 valence electrons. The minimum atomic E-state index is -3.07. The number of benzene rings is 6. The van der Waals surface area contributed by atoms with E-state index in [1.807, 2.05) is 133 Å². The fourth-order valence-corrected chi connectivity index (χ4v) is 14.5. The zero-order valence-corrected chi connectivity index (χ0v) is 47.3. The molecule has 0 unspecified atom stereocenters. The molecule has 6 aromatic rings. The Labute approximate surface area is 450 Å². The van der Waals surface area contributed by atoms with E-state index in [1.54, 1.807) is 24.3 Å². The van der Waals surface area contributed by atoms with E-state index in [1.165, 1.54) is 22.8 Å². The Kier molecular flexibility index (Phi) is 34.2. The average Bonchev–Trinajstić information content (AvgIpc) is 3.37. The molecule has 8 rings (SSSR count). The van der Waals surface area contributed by atoms with Crippen molar-refractivity contribution in [2.75, 3.05) is 50.8 Å². The summed E-state index contributed by atoms with van der Waals surface area (Å²) in [4.78, 5) is 2.41. The molecule has 0 spiro atoms. The summed E-state index contributed by atoms with van der Waals surface area (Å²) < 4.78 is 48.3. The van der Waals surface area contributed by atoms with E-state index in [-0.39, 0.29) is 53.9 Å². The summed E-state index contributed by atoms with van der Waals surface area (Å²) in [5.41, 5.74) is 7.87. The van der Waals surface area contributed by atoms with E-state index < -0.39 is 27.3 Å². The van der Waals surface area contributed by atoms with E-state index in [4.69, 9.17) is 28.2 Å². The second kappa shape index (κ2) is 35.5. The zero-order chi connectivity index (χ0) is 47.4. The van der Waals surface area contributed by atoms with Crippen molar-refractivity contribution in [1.82, 2.24) is 4.90 Å². The van der Waals surface area contributed by atoms with Gasteiger partial charge in [0.25, 0.3) is 5.85 Å². The number of hydrogen-bond acceptors (Lipinski definition) is 6. The fraction of sp³-hybridized carbons (Fsp3) is 0.192. The number of halogens is 4. The zero-order valence-electron chi connectivity index (χ0n) is 38.5. The smallest absolute Gasteiger partial charge is 1.00 e. The molecular weight excluding hydrogens is 1070 g/mol. The third kappa shape index (κ3) is 23.1. The molecule has 0 amide bonds. The Hall–Kier alpha value is -2.54. The summed E-state index contributed by atoms with van der Waals surface area (Å²) >= 11 is 10.8. The van der Waals surface area contributed by atoms with Gasteiger partial charge in [-0.25, -0.2) is 0 Å². The number of quaternary nitrogens is 1. The van der Waals surface area contributed by atoms with Crippen molar-refractivity contribution < 1.29 is 54.4 Å². The molecule has 4 N–H and O–H groups in total. The Balaban J connectivity index is 0. The number of nitrogens with two attached hydrogens (primary N) is 2. The maximum absolute atomic E-state index is 13.0. The van der Waals surface area contributed by atoms with Crippen LogP contribution in [0.4, 0.5) is 0 Å². The molecule has 7 nitrogen and oxygen atoms in total. The Bertz CT molecular complexity index is 2440. The summed E-state index contributed by atoms with van der Waals surface area (Å²) in [5.74, 6) is -0.138. The average molecular weight is 1130 g/mol. The van der Waals surface area contributed by atoms with E-state index in [0.29, 0.717) is 11.8 Å². The van der Waals surface area contributed by atoms with Gasteiger partial charge in [0, 0.05) is 61.1 Å². The SMILES string of the molecule is C=CP(=O)(C=C)c1ccccc1.NCc1ccccc1.O=P(Cl)(Cl)c1ccccc1.O=P1(c2ccccc2)CCN(Cc2ccccc2)CC1.O=P1(c2ccccc2)CC[NH2+]CC1.[Br-].[CH-]=C.[Cl-].[HH].[Mg+2]. The van der Waals surface area contributed by atoms with Gasteiger partial charge in [0.05, 0.1) is 25.4 Å².